The molecule has 2 saturated carbocycles. The van der Waals surface area contributed by atoms with Crippen molar-refractivity contribution in [2.24, 2.45) is 17.8 Å². The van der Waals surface area contributed by atoms with E-state index in [1.165, 1.54) is 0 Å². The molecule has 1 N–H and O–H groups in total. The largest absolute Gasteiger partial charge is 0.481 e. The second-order valence-corrected chi connectivity index (χ2v) is 7.82. The van der Waals surface area contributed by atoms with Crippen LogP contribution in [0.15, 0.2) is 0 Å². The van der Waals surface area contributed by atoms with Gasteiger partial charge in [-0.05, 0) is 37.5 Å². The normalized spacial score (nSPS) is 37.7. The van der Waals surface area contributed by atoms with Crippen LogP contribution in [0.4, 0.5) is 0 Å². The number of rotatable bonds is 3. The summed E-state index contributed by atoms with van der Waals surface area (Å²) in [6.45, 7) is 1.69. The number of fused-ring (bicyclic) bond motifs is 2. The fraction of sp³-hybridized carbons (Fsp3) is 0.917. The predicted molar refractivity (Wildman–Crippen MR) is 64.4 cm³/mol. The van der Waals surface area contributed by atoms with Crippen molar-refractivity contribution in [3.63, 3.8) is 0 Å². The smallest absolute Gasteiger partial charge is 0.306 e. The Bertz CT molecular complexity index is 387. The van der Waals surface area contributed by atoms with Gasteiger partial charge in [-0.3, -0.25) is 4.79 Å². The molecule has 0 aromatic rings. The Labute approximate surface area is 102 Å². The van der Waals surface area contributed by atoms with Crippen LogP contribution in [-0.4, -0.2) is 30.5 Å². The Hall–Kier alpha value is -0.580. The number of carboxylic acids is 1. The Kier molecular flexibility index (Phi) is 3.48. The monoisotopic (exact) mass is 260 g/mol. The molecule has 0 amide bonds. The lowest BCUT2D eigenvalue weighted by Crippen LogP contribution is -2.47. The lowest BCUT2D eigenvalue weighted by molar-refractivity contribution is -0.144. The first kappa shape index (κ1) is 12.9. The molecule has 0 heterocycles. The molecule has 4 nitrogen and oxygen atoms in total. The fourth-order valence-electron chi connectivity index (χ4n) is 3.67. The second kappa shape index (κ2) is 4.59. The Morgan fingerprint density at radius 3 is 2.18 bits per heavy atom. The van der Waals surface area contributed by atoms with E-state index in [9.17, 15) is 13.2 Å². The van der Waals surface area contributed by atoms with Crippen molar-refractivity contribution in [2.75, 3.05) is 5.75 Å². The molecule has 0 aromatic carbocycles. The van der Waals surface area contributed by atoms with Gasteiger partial charge in [0, 0.05) is 5.75 Å². The molecule has 2 unspecified atom stereocenters. The lowest BCUT2D eigenvalue weighted by Gasteiger charge is -2.44. The zero-order chi connectivity index (χ0) is 12.6. The Morgan fingerprint density at radius 2 is 1.76 bits per heavy atom. The van der Waals surface area contributed by atoms with E-state index < -0.39 is 15.8 Å². The van der Waals surface area contributed by atoms with E-state index >= 15 is 0 Å². The molecule has 17 heavy (non-hydrogen) atoms. The van der Waals surface area contributed by atoms with Crippen LogP contribution in [0, 0.1) is 17.8 Å². The third-order valence-corrected chi connectivity index (χ3v) is 6.82. The highest BCUT2D eigenvalue weighted by Gasteiger charge is 2.47. The number of aliphatic carboxylic acids is 1. The Balaban J connectivity index is 2.24. The van der Waals surface area contributed by atoms with Gasteiger partial charge in [0.25, 0.3) is 0 Å². The summed E-state index contributed by atoms with van der Waals surface area (Å²) in [6.07, 6.45) is 3.91. The first-order valence-electron chi connectivity index (χ1n) is 6.40. The summed E-state index contributed by atoms with van der Waals surface area (Å²) in [7, 11) is -3.02. The molecule has 0 aromatic heterocycles. The molecule has 0 radical (unpaired) electrons. The number of sulfone groups is 1. The maximum absolute atomic E-state index is 12.1. The molecular weight excluding hydrogens is 240 g/mol. The molecule has 2 aliphatic carbocycles. The van der Waals surface area contributed by atoms with Crippen molar-refractivity contribution in [2.45, 2.75) is 44.3 Å². The summed E-state index contributed by atoms with van der Waals surface area (Å²) in [5, 5.41) is 8.82. The summed E-state index contributed by atoms with van der Waals surface area (Å²) < 4.78 is 24.2. The highest BCUT2D eigenvalue weighted by molar-refractivity contribution is 7.92. The van der Waals surface area contributed by atoms with Gasteiger partial charge < -0.3 is 5.11 Å². The summed E-state index contributed by atoms with van der Waals surface area (Å²) in [5.74, 6) is -0.743. The van der Waals surface area contributed by atoms with Crippen molar-refractivity contribution < 1.29 is 18.3 Å². The van der Waals surface area contributed by atoms with E-state index in [0.717, 1.165) is 19.3 Å². The van der Waals surface area contributed by atoms with Gasteiger partial charge in [-0.1, -0.05) is 13.3 Å². The number of hydrogen-bond acceptors (Lipinski definition) is 3. The first-order chi connectivity index (χ1) is 7.95. The SMILES string of the molecule is CCS(=O)(=O)C1C2CCCC1CC(C(=O)O)C2. The molecule has 2 bridgehead atoms. The third-order valence-electron chi connectivity index (χ3n) is 4.42. The topological polar surface area (TPSA) is 71.4 Å². The van der Waals surface area contributed by atoms with Crippen molar-refractivity contribution >= 4 is 15.8 Å². The molecule has 2 aliphatic rings. The highest BCUT2D eigenvalue weighted by Crippen LogP contribution is 2.46. The van der Waals surface area contributed by atoms with Crippen LogP contribution >= 0.6 is 0 Å². The zero-order valence-electron chi connectivity index (χ0n) is 10.1. The minimum absolute atomic E-state index is 0.0774. The summed E-state index contributed by atoms with van der Waals surface area (Å²) in [4.78, 5) is 11.1. The molecule has 98 valence electrons. The van der Waals surface area contributed by atoms with Crippen LogP contribution < -0.4 is 0 Å². The van der Waals surface area contributed by atoms with E-state index in [-0.39, 0.29) is 28.8 Å². The van der Waals surface area contributed by atoms with Crippen molar-refractivity contribution in [3.8, 4) is 0 Å². The molecule has 2 rings (SSSR count). The molecule has 0 aliphatic heterocycles. The Morgan fingerprint density at radius 1 is 1.24 bits per heavy atom. The van der Waals surface area contributed by atoms with Gasteiger partial charge in [-0.15, -0.1) is 0 Å². The summed E-state index contributed by atoms with van der Waals surface area (Å²) in [5.41, 5.74) is 0. The molecular formula is C12H20O4S. The average Bonchev–Trinajstić information content (AvgIpc) is 2.27. The van der Waals surface area contributed by atoms with E-state index in [0.29, 0.717) is 12.8 Å². The zero-order valence-corrected chi connectivity index (χ0v) is 10.9. The summed E-state index contributed by atoms with van der Waals surface area (Å²) in [6, 6.07) is 0. The fourth-order valence-corrected chi connectivity index (χ4v) is 5.72. The van der Waals surface area contributed by atoms with Gasteiger partial charge in [-0.2, -0.15) is 0 Å². The van der Waals surface area contributed by atoms with Crippen LogP contribution in [0.1, 0.15) is 39.0 Å². The van der Waals surface area contributed by atoms with Gasteiger partial charge in [0.05, 0.1) is 11.2 Å². The number of carbonyl (C=O) groups is 1. The van der Waals surface area contributed by atoms with Crippen LogP contribution in [0.5, 0.6) is 0 Å². The predicted octanol–water partition coefficient (Wildman–Crippen LogP) is 1.70. The van der Waals surface area contributed by atoms with Crippen LogP contribution in [0.3, 0.4) is 0 Å². The maximum atomic E-state index is 12.1. The van der Waals surface area contributed by atoms with Crippen molar-refractivity contribution in [1.29, 1.82) is 0 Å². The standard InChI is InChI=1S/C12H20O4S/c1-2-17(15,16)11-8-4-3-5-9(11)7-10(6-8)12(13)14/h8-11H,2-7H2,1H3,(H,13,14). The second-order valence-electron chi connectivity index (χ2n) is 5.37. The quantitative estimate of drug-likeness (QED) is 0.838. The van der Waals surface area contributed by atoms with Crippen LogP contribution in [0.25, 0.3) is 0 Å². The minimum atomic E-state index is -3.02. The highest BCUT2D eigenvalue weighted by atomic mass is 32.2. The van der Waals surface area contributed by atoms with Gasteiger partial charge in [-0.25, -0.2) is 8.42 Å². The van der Waals surface area contributed by atoms with E-state index in [4.69, 9.17) is 5.11 Å². The number of hydrogen-bond donors (Lipinski definition) is 1. The molecule has 2 fully saturated rings. The van der Waals surface area contributed by atoms with E-state index in [2.05, 4.69) is 0 Å². The average molecular weight is 260 g/mol. The van der Waals surface area contributed by atoms with Crippen molar-refractivity contribution in [1.82, 2.24) is 0 Å². The third kappa shape index (κ3) is 2.34. The molecule has 5 heteroatoms. The molecule has 0 spiro atoms. The van der Waals surface area contributed by atoms with Gasteiger partial charge in [0.2, 0.25) is 0 Å². The van der Waals surface area contributed by atoms with Gasteiger partial charge in [0.1, 0.15) is 0 Å². The van der Waals surface area contributed by atoms with Gasteiger partial charge in [0.15, 0.2) is 9.84 Å². The molecule has 2 atom stereocenters. The first-order valence-corrected chi connectivity index (χ1v) is 8.11. The molecule has 0 saturated heterocycles. The number of carboxylic acid groups (broad SMARTS) is 1. The van der Waals surface area contributed by atoms with E-state index in [1.807, 2.05) is 0 Å². The summed E-state index contributed by atoms with van der Waals surface area (Å²) >= 11 is 0. The van der Waals surface area contributed by atoms with Gasteiger partial charge >= 0.3 is 5.97 Å². The lowest BCUT2D eigenvalue weighted by atomic mass is 9.67. The van der Waals surface area contributed by atoms with Crippen molar-refractivity contribution in [3.05, 3.63) is 0 Å². The maximum Gasteiger partial charge on any atom is 0.306 e. The van der Waals surface area contributed by atoms with E-state index in [1.54, 1.807) is 6.92 Å². The minimum Gasteiger partial charge on any atom is -0.481 e. The van der Waals surface area contributed by atoms with Crippen LogP contribution in [0.2, 0.25) is 0 Å². The van der Waals surface area contributed by atoms with Crippen LogP contribution in [-0.2, 0) is 14.6 Å².